The first-order valence-corrected chi connectivity index (χ1v) is 9.83. The summed E-state index contributed by atoms with van der Waals surface area (Å²) < 4.78 is 6.08. The molecule has 3 rings (SSSR count). The predicted octanol–water partition coefficient (Wildman–Crippen LogP) is 4.86. The van der Waals surface area contributed by atoms with Crippen LogP contribution in [0.2, 0.25) is 0 Å². The minimum absolute atomic E-state index is 0.0141. The van der Waals surface area contributed by atoms with Crippen LogP contribution in [0.15, 0.2) is 84.9 Å². The second-order valence-electron chi connectivity index (χ2n) is 7.20. The van der Waals surface area contributed by atoms with Crippen molar-refractivity contribution >= 4 is 0 Å². The molecule has 3 heteroatoms. The Morgan fingerprint density at radius 3 is 2.18 bits per heavy atom. The third-order valence-electron chi connectivity index (χ3n) is 5.18. The molecule has 2 unspecified atom stereocenters. The van der Waals surface area contributed by atoms with Gasteiger partial charge in [-0.25, -0.2) is 0 Å². The third kappa shape index (κ3) is 5.44. The highest BCUT2D eigenvalue weighted by Gasteiger charge is 2.21. The lowest BCUT2D eigenvalue weighted by atomic mass is 10.0. The molecule has 3 nitrogen and oxygen atoms in total. The number of aliphatic hydroxyl groups excluding tert-OH is 1. The molecular formula is C25H29NO2. The van der Waals surface area contributed by atoms with Crippen molar-refractivity contribution < 1.29 is 9.84 Å². The van der Waals surface area contributed by atoms with Crippen molar-refractivity contribution in [3.05, 3.63) is 102 Å². The molecule has 0 aromatic heterocycles. The standard InChI is InChI=1S/C25H29NO2/c1-20(25(27)22-13-7-4-8-14-22)26(2)19-23-15-9-10-16-24(23)28-18-17-21-11-5-3-6-12-21/h3-16,20,25,27H,17-19H2,1-2H3. The van der Waals surface area contributed by atoms with Gasteiger partial charge in [-0.1, -0.05) is 78.9 Å². The Labute approximate surface area is 168 Å². The summed E-state index contributed by atoms with van der Waals surface area (Å²) in [6.07, 6.45) is 0.353. The van der Waals surface area contributed by atoms with Crippen LogP contribution in [0.1, 0.15) is 29.7 Å². The highest BCUT2D eigenvalue weighted by atomic mass is 16.5. The number of nitrogens with zero attached hydrogens (tertiary/aromatic N) is 1. The van der Waals surface area contributed by atoms with Crippen molar-refractivity contribution in [2.75, 3.05) is 13.7 Å². The van der Waals surface area contributed by atoms with Crippen LogP contribution in [0.25, 0.3) is 0 Å². The Balaban J connectivity index is 1.60. The molecule has 28 heavy (non-hydrogen) atoms. The Kier molecular flexibility index (Phi) is 7.24. The van der Waals surface area contributed by atoms with Gasteiger partial charge in [0.2, 0.25) is 0 Å². The van der Waals surface area contributed by atoms with Crippen LogP contribution in [0.5, 0.6) is 5.75 Å². The second-order valence-corrected chi connectivity index (χ2v) is 7.20. The molecule has 1 N–H and O–H groups in total. The van der Waals surface area contributed by atoms with E-state index in [0.29, 0.717) is 13.2 Å². The number of hydrogen-bond donors (Lipinski definition) is 1. The summed E-state index contributed by atoms with van der Waals surface area (Å²) in [5, 5.41) is 10.7. The molecule has 0 saturated heterocycles. The monoisotopic (exact) mass is 375 g/mol. The van der Waals surface area contributed by atoms with Crippen molar-refractivity contribution in [3.8, 4) is 5.75 Å². The molecule has 0 heterocycles. The molecule has 0 spiro atoms. The Morgan fingerprint density at radius 1 is 0.857 bits per heavy atom. The molecule has 0 fully saturated rings. The minimum Gasteiger partial charge on any atom is -0.493 e. The number of likely N-dealkylation sites (N-methyl/N-ethyl adjacent to an activating group) is 1. The van der Waals surface area contributed by atoms with Crippen LogP contribution in [0.3, 0.4) is 0 Å². The largest absolute Gasteiger partial charge is 0.493 e. The predicted molar refractivity (Wildman–Crippen MR) is 114 cm³/mol. The van der Waals surface area contributed by atoms with E-state index in [1.54, 1.807) is 0 Å². The molecule has 0 bridgehead atoms. The van der Waals surface area contributed by atoms with E-state index in [4.69, 9.17) is 4.74 Å². The van der Waals surface area contributed by atoms with Gasteiger partial charge in [-0.15, -0.1) is 0 Å². The summed E-state index contributed by atoms with van der Waals surface area (Å²) in [5.74, 6) is 0.909. The van der Waals surface area contributed by atoms with Crippen molar-refractivity contribution in [1.82, 2.24) is 4.90 Å². The topological polar surface area (TPSA) is 32.7 Å². The zero-order valence-corrected chi connectivity index (χ0v) is 16.7. The van der Waals surface area contributed by atoms with E-state index in [1.807, 2.05) is 61.6 Å². The van der Waals surface area contributed by atoms with Gasteiger partial charge in [0.25, 0.3) is 0 Å². The van der Waals surface area contributed by atoms with E-state index in [9.17, 15) is 5.11 Å². The van der Waals surface area contributed by atoms with Gasteiger partial charge in [-0.3, -0.25) is 4.90 Å². The van der Waals surface area contributed by atoms with Crippen molar-refractivity contribution in [2.24, 2.45) is 0 Å². The zero-order chi connectivity index (χ0) is 19.8. The van der Waals surface area contributed by atoms with Crippen LogP contribution in [0, 0.1) is 0 Å². The number of aliphatic hydroxyl groups is 1. The molecule has 0 aliphatic heterocycles. The van der Waals surface area contributed by atoms with Crippen molar-refractivity contribution in [2.45, 2.75) is 32.0 Å². The van der Waals surface area contributed by atoms with Crippen molar-refractivity contribution in [3.63, 3.8) is 0 Å². The van der Waals surface area contributed by atoms with Gasteiger partial charge < -0.3 is 9.84 Å². The SMILES string of the molecule is CC(C(O)c1ccccc1)N(C)Cc1ccccc1OCCc1ccccc1. The highest BCUT2D eigenvalue weighted by Crippen LogP contribution is 2.24. The number of hydrogen-bond acceptors (Lipinski definition) is 3. The average Bonchev–Trinajstić information content (AvgIpc) is 2.75. The third-order valence-corrected chi connectivity index (χ3v) is 5.18. The average molecular weight is 376 g/mol. The first-order valence-electron chi connectivity index (χ1n) is 9.83. The van der Waals surface area contributed by atoms with Crippen LogP contribution in [-0.2, 0) is 13.0 Å². The first kappa shape index (κ1) is 20.1. The molecule has 0 aliphatic carbocycles. The van der Waals surface area contributed by atoms with E-state index in [-0.39, 0.29) is 6.04 Å². The van der Waals surface area contributed by atoms with E-state index >= 15 is 0 Å². The van der Waals surface area contributed by atoms with Gasteiger partial charge in [-0.2, -0.15) is 0 Å². The molecule has 2 atom stereocenters. The zero-order valence-electron chi connectivity index (χ0n) is 16.7. The van der Waals surface area contributed by atoms with E-state index < -0.39 is 6.10 Å². The molecular weight excluding hydrogens is 346 g/mol. The smallest absolute Gasteiger partial charge is 0.123 e. The Morgan fingerprint density at radius 2 is 1.46 bits per heavy atom. The van der Waals surface area contributed by atoms with Gasteiger partial charge in [0.05, 0.1) is 12.7 Å². The van der Waals surface area contributed by atoms with Gasteiger partial charge in [-0.05, 0) is 31.2 Å². The maximum Gasteiger partial charge on any atom is 0.123 e. The fourth-order valence-corrected chi connectivity index (χ4v) is 3.28. The maximum atomic E-state index is 10.7. The van der Waals surface area contributed by atoms with Crippen LogP contribution < -0.4 is 4.74 Å². The Hall–Kier alpha value is -2.62. The fourth-order valence-electron chi connectivity index (χ4n) is 3.28. The summed E-state index contributed by atoms with van der Waals surface area (Å²) in [5.41, 5.74) is 3.34. The van der Waals surface area contributed by atoms with Gasteiger partial charge in [0.1, 0.15) is 5.75 Å². The molecule has 0 saturated carbocycles. The molecule has 0 aliphatic rings. The number of para-hydroxylation sites is 1. The highest BCUT2D eigenvalue weighted by molar-refractivity contribution is 5.33. The van der Waals surface area contributed by atoms with Gasteiger partial charge >= 0.3 is 0 Å². The normalized spacial score (nSPS) is 13.3. The fraction of sp³-hybridized carbons (Fsp3) is 0.280. The number of benzene rings is 3. The minimum atomic E-state index is -0.530. The lowest BCUT2D eigenvalue weighted by Gasteiger charge is -2.29. The molecule has 3 aromatic rings. The number of ether oxygens (including phenoxy) is 1. The quantitative estimate of drug-likeness (QED) is 0.580. The summed E-state index contributed by atoms with van der Waals surface area (Å²) in [6, 6.07) is 28.3. The summed E-state index contributed by atoms with van der Waals surface area (Å²) in [4.78, 5) is 2.16. The molecule has 0 amide bonds. The van der Waals surface area contributed by atoms with Crippen molar-refractivity contribution in [1.29, 1.82) is 0 Å². The summed E-state index contributed by atoms with van der Waals surface area (Å²) in [7, 11) is 2.04. The maximum absolute atomic E-state index is 10.7. The number of rotatable bonds is 9. The van der Waals surface area contributed by atoms with E-state index in [0.717, 1.165) is 23.3 Å². The Bertz CT molecular complexity index is 835. The van der Waals surface area contributed by atoms with Crippen LogP contribution in [-0.4, -0.2) is 29.7 Å². The molecule has 3 aromatic carbocycles. The van der Waals surface area contributed by atoms with Crippen LogP contribution in [0.4, 0.5) is 0 Å². The second kappa shape index (κ2) is 10.1. The van der Waals surface area contributed by atoms with E-state index in [1.165, 1.54) is 5.56 Å². The molecule has 0 radical (unpaired) electrons. The van der Waals surface area contributed by atoms with E-state index in [2.05, 4.69) is 42.2 Å². The molecule has 146 valence electrons. The van der Waals surface area contributed by atoms with Gasteiger partial charge in [0, 0.05) is 24.6 Å². The summed E-state index contributed by atoms with van der Waals surface area (Å²) >= 11 is 0. The lowest BCUT2D eigenvalue weighted by Crippen LogP contribution is -2.34. The first-order chi connectivity index (χ1) is 13.6. The van der Waals surface area contributed by atoms with Gasteiger partial charge in [0.15, 0.2) is 0 Å². The van der Waals surface area contributed by atoms with Crippen LogP contribution >= 0.6 is 0 Å². The summed E-state index contributed by atoms with van der Waals surface area (Å²) in [6.45, 7) is 3.41. The lowest BCUT2D eigenvalue weighted by molar-refractivity contribution is 0.0683.